The summed E-state index contributed by atoms with van der Waals surface area (Å²) in [5.74, 6) is 0.888. The molecule has 10 aromatic rings. The first-order valence-electron chi connectivity index (χ1n) is 20.6. The Kier molecular flexibility index (Phi) is 10.6. The van der Waals surface area contributed by atoms with E-state index in [9.17, 15) is 0 Å². The topological polar surface area (TPSA) is 58.0 Å². The number of benzene rings is 8. The van der Waals surface area contributed by atoms with E-state index in [0.717, 1.165) is 78.9 Å². The zero-order chi connectivity index (χ0) is 41.5. The Balaban J connectivity index is 1.18. The maximum absolute atomic E-state index is 5.32. The molecule has 0 fully saturated rings. The average molecular weight is 797 g/mol. The summed E-state index contributed by atoms with van der Waals surface area (Å²) < 4.78 is 0. The fraction of sp³-hybridized carbons (Fsp3) is 0. The molecular formula is C56H40N6. The largest absolute Gasteiger partial charge is 0.310 e. The van der Waals surface area contributed by atoms with Crippen molar-refractivity contribution >= 4 is 34.6 Å². The molecule has 2 heterocycles. The van der Waals surface area contributed by atoms with Crippen molar-refractivity contribution in [3.8, 4) is 56.2 Å². The molecule has 0 unspecified atom stereocenters. The van der Waals surface area contributed by atoms with Crippen molar-refractivity contribution in [3.63, 3.8) is 0 Å². The summed E-state index contributed by atoms with van der Waals surface area (Å²) in [5, 5.41) is 0. The molecule has 294 valence electrons. The molecule has 0 aliphatic carbocycles. The van der Waals surface area contributed by atoms with Crippen molar-refractivity contribution < 1.29 is 0 Å². The molecule has 0 saturated heterocycles. The van der Waals surface area contributed by atoms with E-state index in [0.29, 0.717) is 11.9 Å². The normalized spacial score (nSPS) is 10.9. The van der Waals surface area contributed by atoms with Crippen molar-refractivity contribution in [1.82, 2.24) is 19.9 Å². The molecule has 10 rings (SSSR count). The van der Waals surface area contributed by atoms with Gasteiger partial charge in [0.2, 0.25) is 11.9 Å². The second kappa shape index (κ2) is 17.4. The van der Waals surface area contributed by atoms with Gasteiger partial charge in [-0.2, -0.15) is 0 Å². The molecule has 0 amide bonds. The summed E-state index contributed by atoms with van der Waals surface area (Å²) in [4.78, 5) is 25.6. The molecule has 0 radical (unpaired) electrons. The highest BCUT2D eigenvalue weighted by Crippen LogP contribution is 2.40. The molecule has 0 N–H and O–H groups in total. The van der Waals surface area contributed by atoms with Gasteiger partial charge in [0.1, 0.15) is 0 Å². The second-order valence-corrected chi connectivity index (χ2v) is 14.8. The zero-order valence-electron chi connectivity index (χ0n) is 33.8. The Labute approximate surface area is 361 Å². The lowest BCUT2D eigenvalue weighted by Crippen LogP contribution is -2.18. The summed E-state index contributed by atoms with van der Waals surface area (Å²) in [6.45, 7) is 0. The van der Waals surface area contributed by atoms with E-state index in [1.54, 1.807) is 0 Å². The fourth-order valence-electron chi connectivity index (χ4n) is 7.67. The van der Waals surface area contributed by atoms with Crippen LogP contribution in [0.3, 0.4) is 0 Å². The Hall–Kier alpha value is -8.48. The molecular weight excluding hydrogens is 757 g/mol. The molecule has 0 aliphatic heterocycles. The SMILES string of the molecule is c1ccc(-c2cc(-c3ccccc3)nc(N(c3cccc(-c4cccc(N(c5ccccc5)c5ccccc5)c4)c3)c3nc(-c4ccccc4)cc(-c4ccccc4)n3)n2)cc1. The van der Waals surface area contributed by atoms with Crippen LogP contribution in [0.2, 0.25) is 0 Å². The first kappa shape index (κ1) is 37.8. The van der Waals surface area contributed by atoms with Gasteiger partial charge in [-0.15, -0.1) is 0 Å². The summed E-state index contributed by atoms with van der Waals surface area (Å²) in [7, 11) is 0. The quantitative estimate of drug-likeness (QED) is 0.130. The Morgan fingerprint density at radius 2 is 0.468 bits per heavy atom. The fourth-order valence-corrected chi connectivity index (χ4v) is 7.67. The second-order valence-electron chi connectivity index (χ2n) is 14.8. The summed E-state index contributed by atoms with van der Waals surface area (Å²) in [6.07, 6.45) is 0. The monoisotopic (exact) mass is 796 g/mol. The van der Waals surface area contributed by atoms with Gasteiger partial charge in [-0.25, -0.2) is 24.8 Å². The lowest BCUT2D eigenvalue weighted by Gasteiger charge is -2.26. The van der Waals surface area contributed by atoms with Crippen molar-refractivity contribution in [2.24, 2.45) is 0 Å². The summed E-state index contributed by atoms with van der Waals surface area (Å²) in [5.41, 5.74) is 13.1. The van der Waals surface area contributed by atoms with Gasteiger partial charge < -0.3 is 4.90 Å². The van der Waals surface area contributed by atoms with E-state index in [1.165, 1.54) is 0 Å². The zero-order valence-corrected chi connectivity index (χ0v) is 33.8. The van der Waals surface area contributed by atoms with Gasteiger partial charge in [0.05, 0.1) is 28.5 Å². The molecule has 8 aromatic carbocycles. The minimum Gasteiger partial charge on any atom is -0.310 e. The van der Waals surface area contributed by atoms with Crippen LogP contribution in [0.4, 0.5) is 34.6 Å². The first-order chi connectivity index (χ1) is 30.7. The molecule has 0 atom stereocenters. The van der Waals surface area contributed by atoms with Gasteiger partial charge >= 0.3 is 0 Å². The van der Waals surface area contributed by atoms with Crippen LogP contribution in [0.5, 0.6) is 0 Å². The van der Waals surface area contributed by atoms with E-state index in [2.05, 4.69) is 163 Å². The smallest absolute Gasteiger partial charge is 0.238 e. The van der Waals surface area contributed by atoms with Gasteiger partial charge in [0.25, 0.3) is 0 Å². The number of para-hydroxylation sites is 2. The molecule has 6 nitrogen and oxygen atoms in total. The van der Waals surface area contributed by atoms with Crippen LogP contribution in [0.25, 0.3) is 56.2 Å². The highest BCUT2D eigenvalue weighted by Gasteiger charge is 2.24. The van der Waals surface area contributed by atoms with Gasteiger partial charge in [-0.05, 0) is 71.8 Å². The number of hydrogen-bond donors (Lipinski definition) is 0. The molecule has 0 bridgehead atoms. The van der Waals surface area contributed by atoms with E-state index in [1.807, 2.05) is 89.8 Å². The van der Waals surface area contributed by atoms with Crippen LogP contribution < -0.4 is 9.80 Å². The van der Waals surface area contributed by atoms with Crippen LogP contribution in [-0.4, -0.2) is 19.9 Å². The Bertz CT molecular complexity index is 2770. The molecule has 6 heteroatoms. The van der Waals surface area contributed by atoms with E-state index < -0.39 is 0 Å². The molecule has 62 heavy (non-hydrogen) atoms. The molecule has 0 saturated carbocycles. The average Bonchev–Trinajstić information content (AvgIpc) is 3.36. The van der Waals surface area contributed by atoms with Crippen molar-refractivity contribution in [2.45, 2.75) is 0 Å². The van der Waals surface area contributed by atoms with Crippen LogP contribution in [-0.2, 0) is 0 Å². The van der Waals surface area contributed by atoms with Crippen molar-refractivity contribution in [3.05, 3.63) is 243 Å². The summed E-state index contributed by atoms with van der Waals surface area (Å²) in [6, 6.07) is 83.1. The Morgan fingerprint density at radius 3 is 0.790 bits per heavy atom. The van der Waals surface area contributed by atoms with Gasteiger partial charge in [0.15, 0.2) is 0 Å². The number of nitrogens with zero attached hydrogens (tertiary/aromatic N) is 6. The van der Waals surface area contributed by atoms with E-state index >= 15 is 0 Å². The van der Waals surface area contributed by atoms with Crippen LogP contribution >= 0.6 is 0 Å². The third kappa shape index (κ3) is 8.09. The third-order valence-corrected chi connectivity index (χ3v) is 10.7. The predicted molar refractivity (Wildman–Crippen MR) is 254 cm³/mol. The molecule has 0 aliphatic rings. The highest BCUT2D eigenvalue weighted by atomic mass is 15.3. The van der Waals surface area contributed by atoms with Gasteiger partial charge in [-0.3, -0.25) is 0 Å². The lowest BCUT2D eigenvalue weighted by atomic mass is 10.0. The number of hydrogen-bond acceptors (Lipinski definition) is 6. The third-order valence-electron chi connectivity index (χ3n) is 10.7. The summed E-state index contributed by atoms with van der Waals surface area (Å²) >= 11 is 0. The number of aromatic nitrogens is 4. The van der Waals surface area contributed by atoms with Crippen molar-refractivity contribution in [1.29, 1.82) is 0 Å². The number of rotatable bonds is 11. The molecule has 2 aromatic heterocycles. The standard InChI is InChI=1S/C56H40N6/c1-7-21-41(22-8-1)51-39-52(42-23-9-2-10-24-42)58-55(57-51)62(56-59-53(43-25-11-3-12-26-43)40-54(60-56)44-27-13-4-14-28-44)50-36-20-30-46(38-50)45-29-19-35-49(37-45)61(47-31-15-5-16-32-47)48-33-17-6-18-34-48/h1-40H. The van der Waals surface area contributed by atoms with Crippen LogP contribution in [0.1, 0.15) is 0 Å². The van der Waals surface area contributed by atoms with E-state index in [4.69, 9.17) is 19.9 Å². The first-order valence-corrected chi connectivity index (χ1v) is 20.6. The molecule has 0 spiro atoms. The van der Waals surface area contributed by atoms with Crippen LogP contribution in [0.15, 0.2) is 243 Å². The van der Waals surface area contributed by atoms with Crippen molar-refractivity contribution in [2.75, 3.05) is 9.80 Å². The van der Waals surface area contributed by atoms with Crippen LogP contribution in [0, 0.1) is 0 Å². The van der Waals surface area contributed by atoms with Gasteiger partial charge in [-0.1, -0.05) is 182 Å². The number of anilines is 6. The lowest BCUT2D eigenvalue weighted by molar-refractivity contribution is 1.02. The predicted octanol–water partition coefficient (Wildman–Crippen LogP) is 14.5. The van der Waals surface area contributed by atoms with Gasteiger partial charge in [0, 0.05) is 39.3 Å². The highest BCUT2D eigenvalue weighted by molar-refractivity contribution is 5.83. The van der Waals surface area contributed by atoms with E-state index in [-0.39, 0.29) is 0 Å². The maximum atomic E-state index is 5.32. The Morgan fingerprint density at radius 1 is 0.210 bits per heavy atom. The minimum atomic E-state index is 0.444. The maximum Gasteiger partial charge on any atom is 0.238 e. The minimum absolute atomic E-state index is 0.444.